The van der Waals surface area contributed by atoms with Crippen molar-refractivity contribution in [3.05, 3.63) is 52.5 Å². The van der Waals surface area contributed by atoms with Crippen molar-refractivity contribution in [1.29, 1.82) is 0 Å². The van der Waals surface area contributed by atoms with Crippen LogP contribution in [0.5, 0.6) is 5.75 Å². The van der Waals surface area contributed by atoms with Crippen molar-refractivity contribution >= 4 is 46.2 Å². The lowest BCUT2D eigenvalue weighted by atomic mass is 10.1. The van der Waals surface area contributed by atoms with Crippen molar-refractivity contribution in [3.8, 4) is 5.75 Å². The van der Waals surface area contributed by atoms with Crippen molar-refractivity contribution in [3.63, 3.8) is 0 Å². The zero-order valence-electron chi connectivity index (χ0n) is 15.8. The van der Waals surface area contributed by atoms with E-state index in [4.69, 9.17) is 33.3 Å². The van der Waals surface area contributed by atoms with Gasteiger partial charge < -0.3 is 19.7 Å². The van der Waals surface area contributed by atoms with E-state index in [1.54, 1.807) is 18.2 Å². The number of amides is 1. The number of halogens is 1. The number of morpholine rings is 1. The topological polar surface area (TPSA) is 62.8 Å². The number of anilines is 2. The van der Waals surface area contributed by atoms with E-state index in [2.05, 4.69) is 15.5 Å². The molecule has 0 atom stereocenters. The first-order chi connectivity index (χ1) is 13.5. The van der Waals surface area contributed by atoms with E-state index in [9.17, 15) is 4.79 Å². The van der Waals surface area contributed by atoms with Crippen LogP contribution in [0, 0.1) is 6.92 Å². The Balaban J connectivity index is 1.75. The number of rotatable bonds is 4. The average molecular weight is 420 g/mol. The third-order valence-corrected chi connectivity index (χ3v) is 4.89. The molecule has 0 saturated carbocycles. The predicted octanol–water partition coefficient (Wildman–Crippen LogP) is 3.62. The van der Waals surface area contributed by atoms with Gasteiger partial charge in [0.15, 0.2) is 5.11 Å². The largest absolute Gasteiger partial charge is 0.496 e. The number of hydrogen-bond donors (Lipinski definition) is 2. The fourth-order valence-electron chi connectivity index (χ4n) is 3.11. The molecule has 0 aliphatic carbocycles. The van der Waals surface area contributed by atoms with Gasteiger partial charge in [-0.2, -0.15) is 0 Å². The molecule has 0 spiro atoms. The Kier molecular flexibility index (Phi) is 6.72. The first-order valence-electron chi connectivity index (χ1n) is 8.88. The lowest BCUT2D eigenvalue weighted by molar-refractivity contribution is 0.0974. The van der Waals surface area contributed by atoms with Gasteiger partial charge in [0, 0.05) is 18.1 Å². The summed E-state index contributed by atoms with van der Waals surface area (Å²) in [5.74, 6) is 0.188. The number of carbonyl (C=O) groups excluding carboxylic acids is 1. The Morgan fingerprint density at radius 2 is 2.00 bits per heavy atom. The Hall–Kier alpha value is -2.35. The number of para-hydroxylation sites is 1. The van der Waals surface area contributed by atoms with Gasteiger partial charge in [-0.25, -0.2) is 0 Å². The minimum Gasteiger partial charge on any atom is -0.496 e. The molecular weight excluding hydrogens is 398 g/mol. The molecule has 1 aliphatic heterocycles. The summed E-state index contributed by atoms with van der Waals surface area (Å²) in [4.78, 5) is 14.8. The smallest absolute Gasteiger partial charge is 0.261 e. The fourth-order valence-corrected chi connectivity index (χ4v) is 3.49. The van der Waals surface area contributed by atoms with E-state index < -0.39 is 0 Å². The van der Waals surface area contributed by atoms with Crippen molar-refractivity contribution < 1.29 is 14.3 Å². The number of nitrogens with one attached hydrogen (secondary N) is 2. The molecule has 1 amide bonds. The summed E-state index contributed by atoms with van der Waals surface area (Å²) in [5.41, 5.74) is 2.98. The van der Waals surface area contributed by atoms with E-state index in [0.29, 0.717) is 29.5 Å². The van der Waals surface area contributed by atoms with Crippen molar-refractivity contribution in [1.82, 2.24) is 5.32 Å². The molecule has 6 nitrogen and oxygen atoms in total. The second kappa shape index (κ2) is 9.23. The lowest BCUT2D eigenvalue weighted by Crippen LogP contribution is -2.38. The maximum absolute atomic E-state index is 12.7. The summed E-state index contributed by atoms with van der Waals surface area (Å²) in [7, 11) is 1.54. The molecule has 1 aliphatic rings. The summed E-state index contributed by atoms with van der Waals surface area (Å²) in [6, 6.07) is 10.9. The van der Waals surface area contributed by atoms with E-state index in [-0.39, 0.29) is 11.0 Å². The highest BCUT2D eigenvalue weighted by Crippen LogP contribution is 2.30. The normalized spacial score (nSPS) is 13.8. The van der Waals surface area contributed by atoms with Crippen LogP contribution >= 0.6 is 23.8 Å². The van der Waals surface area contributed by atoms with E-state index >= 15 is 0 Å². The van der Waals surface area contributed by atoms with Crippen molar-refractivity contribution in [2.24, 2.45) is 0 Å². The highest BCUT2D eigenvalue weighted by Gasteiger charge is 2.18. The first-order valence-corrected chi connectivity index (χ1v) is 9.66. The van der Waals surface area contributed by atoms with Crippen LogP contribution in [-0.2, 0) is 4.74 Å². The average Bonchev–Trinajstić information content (AvgIpc) is 2.68. The minimum atomic E-state index is -0.340. The SMILES string of the molecule is COc1c(C)cccc1C(=O)NC(=S)Nc1cc(Cl)ccc1N1CCOCC1. The molecule has 0 bridgehead atoms. The zero-order chi connectivity index (χ0) is 20.1. The molecule has 1 fully saturated rings. The Morgan fingerprint density at radius 3 is 2.71 bits per heavy atom. The van der Waals surface area contributed by atoms with Crippen LogP contribution in [0.2, 0.25) is 5.02 Å². The van der Waals surface area contributed by atoms with Crippen LogP contribution in [0.1, 0.15) is 15.9 Å². The summed E-state index contributed by atoms with van der Waals surface area (Å²) in [5, 5.41) is 6.57. The van der Waals surface area contributed by atoms with Gasteiger partial charge in [0.25, 0.3) is 5.91 Å². The van der Waals surface area contributed by atoms with Crippen LogP contribution in [0.25, 0.3) is 0 Å². The second-order valence-corrected chi connectivity index (χ2v) is 7.17. The van der Waals surface area contributed by atoms with Gasteiger partial charge in [-0.15, -0.1) is 0 Å². The number of benzene rings is 2. The summed E-state index contributed by atoms with van der Waals surface area (Å²) < 4.78 is 10.8. The molecule has 28 heavy (non-hydrogen) atoms. The minimum absolute atomic E-state index is 0.185. The van der Waals surface area contributed by atoms with E-state index in [1.165, 1.54) is 7.11 Å². The van der Waals surface area contributed by atoms with Crippen LogP contribution < -0.4 is 20.3 Å². The van der Waals surface area contributed by atoms with Crippen LogP contribution in [-0.4, -0.2) is 44.4 Å². The molecule has 148 valence electrons. The van der Waals surface area contributed by atoms with Gasteiger partial charge in [0.1, 0.15) is 5.75 Å². The molecule has 8 heteroatoms. The van der Waals surface area contributed by atoms with Crippen LogP contribution in [0.4, 0.5) is 11.4 Å². The molecular formula is C20H22ClN3O3S. The van der Waals surface area contributed by atoms with E-state index in [1.807, 2.05) is 25.1 Å². The predicted molar refractivity (Wildman–Crippen MR) is 116 cm³/mol. The number of ether oxygens (including phenoxy) is 2. The maximum Gasteiger partial charge on any atom is 0.261 e. The molecule has 2 N–H and O–H groups in total. The van der Waals surface area contributed by atoms with Crippen molar-refractivity contribution in [2.75, 3.05) is 43.6 Å². The molecule has 1 heterocycles. The number of methoxy groups -OCH3 is 1. The highest BCUT2D eigenvalue weighted by molar-refractivity contribution is 7.80. The summed E-state index contributed by atoms with van der Waals surface area (Å²) in [6.07, 6.45) is 0. The number of nitrogens with zero attached hydrogens (tertiary/aromatic N) is 1. The van der Waals surface area contributed by atoms with Gasteiger partial charge in [-0.05, 0) is 49.0 Å². The van der Waals surface area contributed by atoms with Crippen LogP contribution in [0.3, 0.4) is 0 Å². The molecule has 2 aromatic carbocycles. The third kappa shape index (κ3) is 4.73. The van der Waals surface area contributed by atoms with Crippen molar-refractivity contribution in [2.45, 2.75) is 6.92 Å². The number of hydrogen-bond acceptors (Lipinski definition) is 5. The van der Waals surface area contributed by atoms with E-state index in [0.717, 1.165) is 30.0 Å². The van der Waals surface area contributed by atoms with Gasteiger partial charge in [-0.1, -0.05) is 23.7 Å². The Morgan fingerprint density at radius 1 is 1.25 bits per heavy atom. The number of thiocarbonyl (C=S) groups is 1. The van der Waals surface area contributed by atoms with Gasteiger partial charge >= 0.3 is 0 Å². The first kappa shape index (κ1) is 20.4. The van der Waals surface area contributed by atoms with Crippen LogP contribution in [0.15, 0.2) is 36.4 Å². The molecule has 2 aromatic rings. The quantitative estimate of drug-likeness (QED) is 0.738. The monoisotopic (exact) mass is 419 g/mol. The lowest BCUT2D eigenvalue weighted by Gasteiger charge is -2.30. The zero-order valence-corrected chi connectivity index (χ0v) is 17.3. The van der Waals surface area contributed by atoms with Gasteiger partial charge in [0.2, 0.25) is 0 Å². The molecule has 0 unspecified atom stereocenters. The maximum atomic E-state index is 12.7. The molecule has 0 aromatic heterocycles. The number of aryl methyl sites for hydroxylation is 1. The van der Waals surface area contributed by atoms with Gasteiger partial charge in [0.05, 0.1) is 37.3 Å². The highest BCUT2D eigenvalue weighted by atomic mass is 35.5. The summed E-state index contributed by atoms with van der Waals surface area (Å²) in [6.45, 7) is 4.76. The number of carbonyl (C=O) groups is 1. The fraction of sp³-hybridized carbons (Fsp3) is 0.300. The second-order valence-electron chi connectivity index (χ2n) is 6.32. The Labute approximate surface area is 174 Å². The Bertz CT molecular complexity index is 885. The molecule has 3 rings (SSSR count). The summed E-state index contributed by atoms with van der Waals surface area (Å²) >= 11 is 11.5. The molecule has 1 saturated heterocycles. The van der Waals surface area contributed by atoms with Gasteiger partial charge in [-0.3, -0.25) is 10.1 Å². The third-order valence-electron chi connectivity index (χ3n) is 4.45. The standard InChI is InChI=1S/C20H22ClN3O3S/c1-13-4-3-5-15(18(13)26-2)19(25)23-20(28)22-16-12-14(21)6-7-17(16)24-8-10-27-11-9-24/h3-7,12H,8-11H2,1-2H3,(H2,22,23,25,28). The molecule has 0 radical (unpaired) electrons.